The Morgan fingerprint density at radius 1 is 1.29 bits per heavy atom. The second kappa shape index (κ2) is 5.13. The number of carbonyl (C=O) groups excluding carboxylic acids is 2. The van der Waals surface area contributed by atoms with Crippen LogP contribution in [0.3, 0.4) is 0 Å². The number of rotatable bonds is 2. The maximum absolute atomic E-state index is 12.6. The molecule has 2 aliphatic rings. The molecule has 2 rings (SSSR count). The van der Waals surface area contributed by atoms with Crippen LogP contribution in [0.5, 0.6) is 0 Å². The minimum atomic E-state index is -0.520. The summed E-state index contributed by atoms with van der Waals surface area (Å²) in [5.74, 6) is 0. The summed E-state index contributed by atoms with van der Waals surface area (Å²) in [6, 6.07) is -0.0400. The number of ether oxygens (including phenoxy) is 1. The van der Waals surface area contributed by atoms with Crippen molar-refractivity contribution in [3.05, 3.63) is 0 Å². The number of nitrogens with zero attached hydrogens (tertiary/aromatic N) is 2. The average Bonchev–Trinajstić information content (AvgIpc) is 3.06. The SMILES string of the molecule is CC1(C)CCC(C2(N=C=O)CC2)N(C(=O)OC(C)(C)C)C1. The molecule has 1 amide bonds. The number of hydrogen-bond donors (Lipinski definition) is 0. The van der Waals surface area contributed by atoms with Crippen molar-refractivity contribution in [2.24, 2.45) is 10.4 Å². The lowest BCUT2D eigenvalue weighted by Gasteiger charge is -2.45. The molecule has 5 heteroatoms. The lowest BCUT2D eigenvalue weighted by molar-refractivity contribution is -0.0134. The average molecular weight is 294 g/mol. The Kier molecular flexibility index (Phi) is 3.92. The molecule has 0 radical (unpaired) electrons. The Labute approximate surface area is 126 Å². The number of amides is 1. The first-order chi connectivity index (χ1) is 9.59. The molecule has 118 valence electrons. The number of likely N-dealkylation sites (tertiary alicyclic amines) is 1. The zero-order valence-electron chi connectivity index (χ0n) is 13.7. The van der Waals surface area contributed by atoms with Gasteiger partial charge in [0.15, 0.2) is 0 Å². The van der Waals surface area contributed by atoms with Crippen LogP contribution in [0.25, 0.3) is 0 Å². The van der Waals surface area contributed by atoms with E-state index in [0.29, 0.717) is 6.54 Å². The van der Waals surface area contributed by atoms with E-state index in [9.17, 15) is 9.59 Å². The standard InChI is InChI=1S/C16H26N2O3/c1-14(2,3)21-13(20)18-10-15(4,5)7-6-12(18)16(8-9-16)17-11-19/h12H,6-10H2,1-5H3. The summed E-state index contributed by atoms with van der Waals surface area (Å²) in [4.78, 5) is 29.1. The van der Waals surface area contributed by atoms with Crippen molar-refractivity contribution in [2.75, 3.05) is 6.54 Å². The molecule has 1 atom stereocenters. The third-order valence-electron chi connectivity index (χ3n) is 4.35. The van der Waals surface area contributed by atoms with Crippen LogP contribution in [0.1, 0.15) is 60.3 Å². The summed E-state index contributed by atoms with van der Waals surface area (Å²) >= 11 is 0. The Morgan fingerprint density at radius 2 is 1.90 bits per heavy atom. The lowest BCUT2D eigenvalue weighted by Crippen LogP contribution is -2.55. The highest BCUT2D eigenvalue weighted by molar-refractivity contribution is 5.69. The zero-order chi connectivity index (χ0) is 15.9. The minimum Gasteiger partial charge on any atom is -0.444 e. The molecule has 1 heterocycles. The van der Waals surface area contributed by atoms with Crippen LogP contribution in [0.2, 0.25) is 0 Å². The van der Waals surface area contributed by atoms with E-state index in [1.165, 1.54) is 0 Å². The van der Waals surface area contributed by atoms with Crippen LogP contribution in [0.4, 0.5) is 4.79 Å². The lowest BCUT2D eigenvalue weighted by atomic mass is 9.79. The fourth-order valence-electron chi connectivity index (χ4n) is 3.14. The van der Waals surface area contributed by atoms with Crippen LogP contribution in [0.15, 0.2) is 4.99 Å². The molecular formula is C16H26N2O3. The molecule has 0 N–H and O–H groups in total. The Morgan fingerprint density at radius 3 is 2.38 bits per heavy atom. The van der Waals surface area contributed by atoms with Crippen LogP contribution >= 0.6 is 0 Å². The molecule has 0 aromatic rings. The molecule has 5 nitrogen and oxygen atoms in total. The van der Waals surface area contributed by atoms with E-state index in [4.69, 9.17) is 4.74 Å². The first-order valence-electron chi connectivity index (χ1n) is 7.67. The van der Waals surface area contributed by atoms with Gasteiger partial charge in [-0.3, -0.25) is 0 Å². The minimum absolute atomic E-state index is 0.0400. The van der Waals surface area contributed by atoms with Crippen molar-refractivity contribution in [1.82, 2.24) is 4.90 Å². The van der Waals surface area contributed by atoms with Crippen molar-refractivity contribution in [3.8, 4) is 0 Å². The van der Waals surface area contributed by atoms with Gasteiger partial charge in [-0.15, -0.1) is 0 Å². The van der Waals surface area contributed by atoms with Gasteiger partial charge in [0.2, 0.25) is 6.08 Å². The predicted octanol–water partition coefficient (Wildman–Crippen LogP) is 3.28. The molecule has 1 saturated carbocycles. The summed E-state index contributed by atoms with van der Waals surface area (Å²) < 4.78 is 5.55. The fourth-order valence-corrected chi connectivity index (χ4v) is 3.14. The van der Waals surface area contributed by atoms with E-state index in [1.807, 2.05) is 20.8 Å². The quantitative estimate of drug-likeness (QED) is 0.580. The zero-order valence-corrected chi connectivity index (χ0v) is 13.7. The van der Waals surface area contributed by atoms with Gasteiger partial charge < -0.3 is 9.64 Å². The van der Waals surface area contributed by atoms with Gasteiger partial charge in [-0.1, -0.05) is 13.8 Å². The molecular weight excluding hydrogens is 268 g/mol. The van der Waals surface area contributed by atoms with Crippen LogP contribution in [-0.2, 0) is 9.53 Å². The topological polar surface area (TPSA) is 59.0 Å². The van der Waals surface area contributed by atoms with Gasteiger partial charge in [-0.25, -0.2) is 9.59 Å². The summed E-state index contributed by atoms with van der Waals surface area (Å²) in [6.45, 7) is 10.6. The molecule has 0 aromatic carbocycles. The second-order valence-electron chi connectivity index (χ2n) is 8.13. The first kappa shape index (κ1) is 16.0. The van der Waals surface area contributed by atoms with Crippen molar-refractivity contribution < 1.29 is 14.3 Å². The van der Waals surface area contributed by atoms with Crippen molar-refractivity contribution in [1.29, 1.82) is 0 Å². The molecule has 1 unspecified atom stereocenters. The smallest absolute Gasteiger partial charge is 0.410 e. The van der Waals surface area contributed by atoms with Gasteiger partial charge in [0, 0.05) is 6.54 Å². The maximum atomic E-state index is 12.6. The fraction of sp³-hybridized carbons (Fsp3) is 0.875. The number of carbonyl (C=O) groups is 1. The largest absolute Gasteiger partial charge is 0.444 e. The molecule has 1 aliphatic carbocycles. The van der Waals surface area contributed by atoms with Gasteiger partial charge in [0.1, 0.15) is 5.60 Å². The molecule has 0 bridgehead atoms. The van der Waals surface area contributed by atoms with Gasteiger partial charge in [-0.2, -0.15) is 4.99 Å². The van der Waals surface area contributed by atoms with E-state index < -0.39 is 11.1 Å². The number of hydrogen-bond acceptors (Lipinski definition) is 4. The summed E-state index contributed by atoms with van der Waals surface area (Å²) in [5, 5.41) is 0. The first-order valence-corrected chi connectivity index (χ1v) is 7.67. The molecule has 0 spiro atoms. The normalized spacial score (nSPS) is 26.7. The monoisotopic (exact) mass is 294 g/mol. The highest BCUT2D eigenvalue weighted by Crippen LogP contribution is 2.49. The van der Waals surface area contributed by atoms with E-state index >= 15 is 0 Å². The van der Waals surface area contributed by atoms with Crippen molar-refractivity contribution in [3.63, 3.8) is 0 Å². The summed E-state index contributed by atoms with van der Waals surface area (Å²) in [6.07, 6.45) is 4.98. The number of aliphatic imine (C=N–C) groups is 1. The van der Waals surface area contributed by atoms with Crippen LogP contribution < -0.4 is 0 Å². The van der Waals surface area contributed by atoms with Gasteiger partial charge in [-0.05, 0) is 51.9 Å². The maximum Gasteiger partial charge on any atom is 0.410 e. The van der Waals surface area contributed by atoms with Crippen LogP contribution in [0, 0.1) is 5.41 Å². The van der Waals surface area contributed by atoms with E-state index in [1.54, 1.807) is 11.0 Å². The van der Waals surface area contributed by atoms with Gasteiger partial charge in [0.25, 0.3) is 0 Å². The molecule has 1 saturated heterocycles. The number of isocyanates is 1. The molecule has 1 aliphatic heterocycles. The van der Waals surface area contributed by atoms with Crippen molar-refractivity contribution >= 4 is 12.2 Å². The van der Waals surface area contributed by atoms with E-state index in [-0.39, 0.29) is 17.6 Å². The Balaban J connectivity index is 2.22. The molecule has 0 aromatic heterocycles. The van der Waals surface area contributed by atoms with Crippen molar-refractivity contribution in [2.45, 2.75) is 77.5 Å². The molecule has 2 fully saturated rings. The van der Waals surface area contributed by atoms with E-state index in [0.717, 1.165) is 25.7 Å². The van der Waals surface area contributed by atoms with Gasteiger partial charge >= 0.3 is 6.09 Å². The third-order valence-corrected chi connectivity index (χ3v) is 4.35. The Bertz CT molecular complexity index is 468. The highest BCUT2D eigenvalue weighted by Gasteiger charge is 2.56. The predicted molar refractivity (Wildman–Crippen MR) is 79.8 cm³/mol. The molecule has 21 heavy (non-hydrogen) atoms. The summed E-state index contributed by atoms with van der Waals surface area (Å²) in [5.41, 5.74) is -0.864. The van der Waals surface area contributed by atoms with Crippen LogP contribution in [-0.4, -0.2) is 40.8 Å². The second-order valence-corrected chi connectivity index (χ2v) is 8.13. The summed E-state index contributed by atoms with van der Waals surface area (Å²) in [7, 11) is 0. The van der Waals surface area contributed by atoms with Gasteiger partial charge in [0.05, 0.1) is 11.6 Å². The third kappa shape index (κ3) is 3.65. The number of piperidine rings is 1. The van der Waals surface area contributed by atoms with E-state index in [2.05, 4.69) is 18.8 Å². The highest BCUT2D eigenvalue weighted by atomic mass is 16.6. The Hall–Kier alpha value is -1.35.